The van der Waals surface area contributed by atoms with Crippen LogP contribution in [0.3, 0.4) is 0 Å². The van der Waals surface area contributed by atoms with Crippen molar-refractivity contribution in [3.63, 3.8) is 0 Å². The number of nitrogens with zero attached hydrogens (tertiary/aromatic N) is 1. The third kappa shape index (κ3) is 1.50. The van der Waals surface area contributed by atoms with Gasteiger partial charge in [-0.25, -0.2) is 4.79 Å². The second-order valence-corrected chi connectivity index (χ2v) is 4.33. The number of carboxylic acid groups (broad SMARTS) is 1. The van der Waals surface area contributed by atoms with E-state index in [-0.39, 0.29) is 29.4 Å². The summed E-state index contributed by atoms with van der Waals surface area (Å²) in [4.78, 5) is 23.4. The molecule has 2 rings (SSSR count). The summed E-state index contributed by atoms with van der Waals surface area (Å²) in [6.45, 7) is 1.76. The molecule has 1 atom stereocenters. The lowest BCUT2D eigenvalue weighted by Crippen LogP contribution is -2.53. The number of rotatable bonds is 1. The molecule has 1 fully saturated rings. The molecule has 1 unspecified atom stereocenters. The second kappa shape index (κ2) is 3.82. The van der Waals surface area contributed by atoms with E-state index in [0.717, 1.165) is 11.3 Å². The van der Waals surface area contributed by atoms with Crippen LogP contribution < -0.4 is 0 Å². The van der Waals surface area contributed by atoms with Crippen LogP contribution in [0, 0.1) is 0 Å². The summed E-state index contributed by atoms with van der Waals surface area (Å²) < 4.78 is 0. The molecule has 0 radical (unpaired) electrons. The fourth-order valence-electron chi connectivity index (χ4n) is 1.57. The number of hydrogen-bond acceptors (Lipinski definition) is 3. The van der Waals surface area contributed by atoms with Crippen LogP contribution >= 0.6 is 24.2 Å². The quantitative estimate of drug-likeness (QED) is 0.691. The monoisotopic (exact) mass is 235 g/mol. The van der Waals surface area contributed by atoms with Crippen molar-refractivity contribution in [1.29, 1.82) is 0 Å². The molecule has 1 saturated heterocycles. The minimum Gasteiger partial charge on any atom is -0.477 e. The van der Waals surface area contributed by atoms with Gasteiger partial charge in [-0.2, -0.15) is 0 Å². The van der Waals surface area contributed by atoms with Crippen LogP contribution in [-0.4, -0.2) is 33.0 Å². The van der Waals surface area contributed by atoms with Gasteiger partial charge in [0.2, 0.25) is 5.91 Å². The SMILES string of the molecule is CC1=C(C(=O)O)N2C(=O)CC2SC1.Cl. The van der Waals surface area contributed by atoms with E-state index < -0.39 is 5.97 Å². The van der Waals surface area contributed by atoms with Gasteiger partial charge in [-0.05, 0) is 12.5 Å². The molecule has 1 amide bonds. The van der Waals surface area contributed by atoms with Gasteiger partial charge in [-0.3, -0.25) is 9.69 Å². The third-order valence-corrected chi connectivity index (χ3v) is 3.61. The maximum atomic E-state index is 11.1. The highest BCUT2D eigenvalue weighted by atomic mass is 35.5. The number of hydrogen-bond donors (Lipinski definition) is 1. The standard InChI is InChI=1S/C8H9NO3S.ClH/c1-4-3-13-6-2-5(10)9(6)7(4)8(11)12;/h6H,2-3H2,1H3,(H,11,12);1H. The number of thioether (sulfide) groups is 1. The number of amides is 1. The number of carboxylic acids is 1. The minimum atomic E-state index is -0.990. The van der Waals surface area contributed by atoms with Crippen LogP contribution in [0.2, 0.25) is 0 Å². The Morgan fingerprint density at radius 1 is 1.64 bits per heavy atom. The van der Waals surface area contributed by atoms with Crippen molar-refractivity contribution in [3.05, 3.63) is 11.3 Å². The lowest BCUT2D eigenvalue weighted by atomic mass is 10.1. The Hall–Kier alpha value is -0.680. The van der Waals surface area contributed by atoms with Crippen LogP contribution in [0.5, 0.6) is 0 Å². The normalized spacial score (nSPS) is 25.1. The van der Waals surface area contributed by atoms with Gasteiger partial charge in [-0.15, -0.1) is 24.2 Å². The van der Waals surface area contributed by atoms with E-state index in [2.05, 4.69) is 0 Å². The molecular weight excluding hydrogens is 226 g/mol. The first-order valence-corrected chi connectivity index (χ1v) is 5.03. The molecule has 0 aromatic heterocycles. The molecule has 0 spiro atoms. The largest absolute Gasteiger partial charge is 0.477 e. The molecule has 1 N–H and O–H groups in total. The lowest BCUT2D eigenvalue weighted by molar-refractivity contribution is -0.146. The Labute approximate surface area is 91.7 Å². The van der Waals surface area contributed by atoms with Gasteiger partial charge < -0.3 is 5.11 Å². The summed E-state index contributed by atoms with van der Waals surface area (Å²) in [6.07, 6.45) is 0.481. The lowest BCUT2D eigenvalue weighted by Gasteiger charge is -2.43. The van der Waals surface area contributed by atoms with Crippen molar-refractivity contribution in [1.82, 2.24) is 4.90 Å². The Morgan fingerprint density at radius 3 is 2.71 bits per heavy atom. The summed E-state index contributed by atoms with van der Waals surface area (Å²) in [5.41, 5.74) is 0.974. The predicted molar refractivity (Wildman–Crippen MR) is 55.3 cm³/mol. The smallest absolute Gasteiger partial charge is 0.352 e. The van der Waals surface area contributed by atoms with Gasteiger partial charge in [0.15, 0.2) is 0 Å². The van der Waals surface area contributed by atoms with Gasteiger partial charge in [0.1, 0.15) is 5.70 Å². The molecule has 6 heteroatoms. The molecule has 0 saturated carbocycles. The number of fused-ring (bicyclic) bond motifs is 1. The summed E-state index contributed by atoms with van der Waals surface area (Å²) in [5, 5.41) is 8.96. The van der Waals surface area contributed by atoms with Crippen LogP contribution in [0.15, 0.2) is 11.3 Å². The summed E-state index contributed by atoms with van der Waals surface area (Å²) in [6, 6.07) is 0. The van der Waals surface area contributed by atoms with Gasteiger partial charge in [0.25, 0.3) is 0 Å². The fraction of sp³-hybridized carbons (Fsp3) is 0.500. The van der Waals surface area contributed by atoms with Crippen molar-refractivity contribution in [2.45, 2.75) is 18.7 Å². The fourth-order valence-corrected chi connectivity index (χ4v) is 2.78. The van der Waals surface area contributed by atoms with Crippen LogP contribution in [0.25, 0.3) is 0 Å². The molecule has 0 aliphatic carbocycles. The highest BCUT2D eigenvalue weighted by Crippen LogP contribution is 2.39. The van der Waals surface area contributed by atoms with E-state index in [1.165, 1.54) is 4.90 Å². The number of carbonyl (C=O) groups excluding carboxylic acids is 1. The van der Waals surface area contributed by atoms with Gasteiger partial charge >= 0.3 is 5.97 Å². The third-order valence-electron chi connectivity index (χ3n) is 2.25. The molecule has 0 bridgehead atoms. The molecule has 14 heavy (non-hydrogen) atoms. The summed E-state index contributed by atoms with van der Waals surface area (Å²) in [7, 11) is 0. The predicted octanol–water partition coefficient (Wildman–Crippen LogP) is 1.07. The molecule has 2 aliphatic heterocycles. The zero-order valence-electron chi connectivity index (χ0n) is 7.52. The number of halogens is 1. The Balaban J connectivity index is 0.000000980. The zero-order chi connectivity index (χ0) is 9.59. The van der Waals surface area contributed by atoms with Gasteiger partial charge in [-0.1, -0.05) is 0 Å². The zero-order valence-corrected chi connectivity index (χ0v) is 9.15. The first kappa shape index (κ1) is 11.4. The molecule has 2 aliphatic rings. The van der Waals surface area contributed by atoms with Gasteiger partial charge in [0, 0.05) is 5.75 Å². The molecule has 2 heterocycles. The Bertz CT molecular complexity index is 329. The minimum absolute atomic E-state index is 0. The molecule has 4 nitrogen and oxygen atoms in total. The van der Waals surface area contributed by atoms with Crippen molar-refractivity contribution in [2.75, 3.05) is 5.75 Å². The number of β-lactam (4-membered cyclic amide) rings is 1. The van der Waals surface area contributed by atoms with Crippen molar-refractivity contribution < 1.29 is 14.7 Å². The second-order valence-electron chi connectivity index (χ2n) is 3.17. The van der Waals surface area contributed by atoms with Crippen molar-refractivity contribution in [3.8, 4) is 0 Å². The first-order valence-electron chi connectivity index (χ1n) is 3.98. The molecule has 0 aromatic carbocycles. The van der Waals surface area contributed by atoms with Gasteiger partial charge in [0.05, 0.1) is 11.8 Å². The van der Waals surface area contributed by atoms with Crippen LogP contribution in [0.4, 0.5) is 0 Å². The van der Waals surface area contributed by atoms with Crippen LogP contribution in [-0.2, 0) is 9.59 Å². The van der Waals surface area contributed by atoms with E-state index in [9.17, 15) is 9.59 Å². The summed E-state index contributed by atoms with van der Waals surface area (Å²) in [5.74, 6) is -0.347. The van der Waals surface area contributed by atoms with Crippen molar-refractivity contribution >= 4 is 36.0 Å². The highest BCUT2D eigenvalue weighted by Gasteiger charge is 2.44. The van der Waals surface area contributed by atoms with E-state index in [1.54, 1.807) is 18.7 Å². The average Bonchev–Trinajstić information content (AvgIpc) is 2.05. The maximum absolute atomic E-state index is 11.1. The highest BCUT2D eigenvalue weighted by molar-refractivity contribution is 8.00. The Kier molecular flexibility index (Phi) is 3.11. The molecular formula is C8H10ClNO3S. The summed E-state index contributed by atoms with van der Waals surface area (Å²) >= 11 is 1.63. The number of carbonyl (C=O) groups is 2. The average molecular weight is 236 g/mol. The maximum Gasteiger partial charge on any atom is 0.352 e. The Morgan fingerprint density at radius 2 is 2.29 bits per heavy atom. The molecule has 78 valence electrons. The van der Waals surface area contributed by atoms with E-state index >= 15 is 0 Å². The number of aliphatic carboxylic acids is 1. The molecule has 0 aromatic rings. The van der Waals surface area contributed by atoms with Crippen molar-refractivity contribution in [2.24, 2.45) is 0 Å². The topological polar surface area (TPSA) is 57.6 Å². The van der Waals surface area contributed by atoms with E-state index in [0.29, 0.717) is 6.42 Å². The van der Waals surface area contributed by atoms with E-state index in [4.69, 9.17) is 5.11 Å². The van der Waals surface area contributed by atoms with Crippen LogP contribution in [0.1, 0.15) is 13.3 Å². The first-order chi connectivity index (χ1) is 6.11. The van der Waals surface area contributed by atoms with E-state index in [1.807, 2.05) is 0 Å².